The summed E-state index contributed by atoms with van der Waals surface area (Å²) in [7, 11) is 3.13. The third kappa shape index (κ3) is 4.40. The quantitative estimate of drug-likeness (QED) is 0.382. The fraction of sp³-hybridized carbons (Fsp3) is 0.391. The minimum absolute atomic E-state index is 0.00505. The maximum absolute atomic E-state index is 14.9. The summed E-state index contributed by atoms with van der Waals surface area (Å²) in [5, 5.41) is 4.00. The van der Waals surface area contributed by atoms with E-state index in [2.05, 4.69) is 25.0 Å². The zero-order valence-corrected chi connectivity index (χ0v) is 20.0. The number of nitrogens with zero attached hydrogens (tertiary/aromatic N) is 8. The Labute approximate surface area is 206 Å². The molecule has 1 unspecified atom stereocenters. The molecule has 0 saturated carbocycles. The van der Waals surface area contributed by atoms with Crippen LogP contribution in [0.25, 0.3) is 22.3 Å². The first-order valence-corrected chi connectivity index (χ1v) is 11.3. The van der Waals surface area contributed by atoms with Crippen molar-refractivity contribution < 1.29 is 22.0 Å². The highest BCUT2D eigenvalue weighted by molar-refractivity contribution is 5.89. The molecule has 0 aliphatic carbocycles. The van der Waals surface area contributed by atoms with Crippen molar-refractivity contribution in [2.45, 2.75) is 31.4 Å². The average molecular weight is 520 g/mol. The number of hydrogen-bond donors (Lipinski definition) is 0. The van der Waals surface area contributed by atoms with E-state index >= 15 is 0 Å². The van der Waals surface area contributed by atoms with Gasteiger partial charge in [-0.2, -0.15) is 18.3 Å². The fourth-order valence-corrected chi connectivity index (χ4v) is 4.34. The summed E-state index contributed by atoms with van der Waals surface area (Å²) in [4.78, 5) is 31.4. The third-order valence-corrected chi connectivity index (χ3v) is 6.50. The van der Waals surface area contributed by atoms with Crippen LogP contribution in [0, 0.1) is 6.92 Å². The van der Waals surface area contributed by atoms with Gasteiger partial charge in [0.25, 0.3) is 11.5 Å². The Morgan fingerprint density at radius 1 is 1.05 bits per heavy atom. The molecule has 1 aliphatic heterocycles. The smallest absolute Gasteiger partial charge is 0.340 e. The Kier molecular flexibility index (Phi) is 5.72. The molecule has 5 rings (SSSR count). The van der Waals surface area contributed by atoms with Gasteiger partial charge in [0.15, 0.2) is 5.52 Å². The van der Waals surface area contributed by atoms with E-state index in [1.165, 1.54) is 39.7 Å². The number of alkyl halides is 5. The van der Waals surface area contributed by atoms with Crippen LogP contribution >= 0.6 is 0 Å². The van der Waals surface area contributed by atoms with E-state index in [4.69, 9.17) is 0 Å². The molecule has 1 atom stereocenters. The average Bonchev–Trinajstić information content (AvgIpc) is 3.27. The Bertz CT molecular complexity index is 1540. The summed E-state index contributed by atoms with van der Waals surface area (Å²) in [6.45, 7) is 1.34. The predicted molar refractivity (Wildman–Crippen MR) is 123 cm³/mol. The number of piperidine rings is 1. The van der Waals surface area contributed by atoms with Gasteiger partial charge in [-0.1, -0.05) is 0 Å². The molecular weight excluding hydrogens is 499 g/mol. The lowest BCUT2D eigenvalue weighted by Crippen LogP contribution is -2.46. The Morgan fingerprint density at radius 3 is 2.43 bits per heavy atom. The molecule has 5 heterocycles. The molecule has 4 aromatic rings. The predicted octanol–water partition coefficient (Wildman–Crippen LogP) is 3.48. The van der Waals surface area contributed by atoms with E-state index in [0.29, 0.717) is 11.4 Å². The summed E-state index contributed by atoms with van der Waals surface area (Å²) in [5.74, 6) is -3.88. The van der Waals surface area contributed by atoms with Crippen LogP contribution in [-0.2, 0) is 20.3 Å². The van der Waals surface area contributed by atoms with Gasteiger partial charge in [-0.25, -0.2) is 23.7 Å². The normalized spacial score (nSPS) is 17.9. The summed E-state index contributed by atoms with van der Waals surface area (Å²) in [6, 6.07) is 1.98. The summed E-state index contributed by atoms with van der Waals surface area (Å²) < 4.78 is 71.6. The number of pyridine rings is 1. The second-order valence-corrected chi connectivity index (χ2v) is 8.98. The van der Waals surface area contributed by atoms with Gasteiger partial charge in [0.05, 0.1) is 12.1 Å². The highest BCUT2D eigenvalue weighted by Crippen LogP contribution is 2.41. The van der Waals surface area contributed by atoms with Crippen molar-refractivity contribution in [3.05, 3.63) is 58.2 Å². The van der Waals surface area contributed by atoms with Crippen LogP contribution < -0.4 is 10.5 Å². The molecule has 0 bridgehead atoms. The minimum Gasteiger partial charge on any atom is -0.340 e. The fourth-order valence-electron chi connectivity index (χ4n) is 4.34. The van der Waals surface area contributed by atoms with Crippen molar-refractivity contribution >= 4 is 17.0 Å². The number of anilines is 1. The molecule has 0 aromatic carbocycles. The summed E-state index contributed by atoms with van der Waals surface area (Å²) >= 11 is 0. The van der Waals surface area contributed by atoms with E-state index in [1.54, 1.807) is 14.0 Å². The molecule has 1 aliphatic rings. The van der Waals surface area contributed by atoms with Gasteiger partial charge in [-0.05, 0) is 19.1 Å². The highest BCUT2D eigenvalue weighted by Gasteiger charge is 2.46. The first kappa shape index (κ1) is 24.7. The zero-order chi connectivity index (χ0) is 26.7. The SMILES string of the molecule is Cc1nc2c(-c3ccc(C(F)(F)F)nc3)nc(N3CCC(F)(F)C(c4cnn(C)c4)C3)nc2c(=O)n1C. The van der Waals surface area contributed by atoms with Crippen molar-refractivity contribution in [1.29, 1.82) is 0 Å². The number of hydrogen-bond acceptors (Lipinski definition) is 7. The Hall–Kier alpha value is -3.97. The molecule has 0 amide bonds. The summed E-state index contributed by atoms with van der Waals surface area (Å²) in [5.41, 5.74) is -0.991. The second kappa shape index (κ2) is 8.56. The van der Waals surface area contributed by atoms with Crippen molar-refractivity contribution in [3.8, 4) is 11.3 Å². The lowest BCUT2D eigenvalue weighted by atomic mass is 9.89. The van der Waals surface area contributed by atoms with Crippen molar-refractivity contribution in [2.75, 3.05) is 18.0 Å². The standard InChI is InChI=1S/C23H21F5N8O/c1-12-31-18-17(13-4-5-16(29-8-13)23(26,27)28)32-21(33-19(18)20(37)35(12)3)36-7-6-22(24,25)15(11-36)14-9-30-34(2)10-14/h4-5,8-10,15H,6-7,11H2,1-3H3. The second-order valence-electron chi connectivity index (χ2n) is 8.98. The molecule has 0 spiro atoms. The van der Waals surface area contributed by atoms with Crippen LogP contribution in [0.2, 0.25) is 0 Å². The van der Waals surface area contributed by atoms with Crippen molar-refractivity contribution in [3.63, 3.8) is 0 Å². The van der Waals surface area contributed by atoms with E-state index in [0.717, 1.165) is 12.3 Å². The molecule has 37 heavy (non-hydrogen) atoms. The van der Waals surface area contributed by atoms with Crippen molar-refractivity contribution in [2.24, 2.45) is 14.1 Å². The molecule has 1 saturated heterocycles. The lowest BCUT2D eigenvalue weighted by Gasteiger charge is -2.38. The van der Waals surface area contributed by atoms with Gasteiger partial charge in [-0.3, -0.25) is 19.0 Å². The first-order valence-electron chi connectivity index (χ1n) is 11.3. The van der Waals surface area contributed by atoms with E-state index < -0.39 is 35.7 Å². The number of rotatable bonds is 3. The maximum atomic E-state index is 14.9. The first-order chi connectivity index (χ1) is 17.3. The van der Waals surface area contributed by atoms with Gasteiger partial charge in [0, 0.05) is 57.1 Å². The van der Waals surface area contributed by atoms with E-state index in [1.807, 2.05) is 0 Å². The number of fused-ring (bicyclic) bond motifs is 1. The Balaban J connectivity index is 1.65. The van der Waals surface area contributed by atoms with Crippen LogP contribution in [0.5, 0.6) is 0 Å². The topological polar surface area (TPSA) is 94.6 Å². The molecule has 1 fully saturated rings. The van der Waals surface area contributed by atoms with Crippen LogP contribution in [-0.4, -0.2) is 53.3 Å². The molecular formula is C23H21F5N8O. The van der Waals surface area contributed by atoms with Crippen LogP contribution in [0.4, 0.5) is 27.9 Å². The van der Waals surface area contributed by atoms with Crippen molar-refractivity contribution in [1.82, 2.24) is 34.3 Å². The molecule has 194 valence electrons. The number of aromatic nitrogens is 7. The van der Waals surface area contributed by atoms with Gasteiger partial charge in [-0.15, -0.1) is 0 Å². The number of aryl methyl sites for hydroxylation is 2. The van der Waals surface area contributed by atoms with Crippen LogP contribution in [0.1, 0.15) is 29.4 Å². The lowest BCUT2D eigenvalue weighted by molar-refractivity contribution is -0.141. The monoisotopic (exact) mass is 520 g/mol. The zero-order valence-electron chi connectivity index (χ0n) is 20.0. The molecule has 9 nitrogen and oxygen atoms in total. The summed E-state index contributed by atoms with van der Waals surface area (Å²) in [6.07, 6.45) is -1.24. The van der Waals surface area contributed by atoms with Crippen LogP contribution in [0.3, 0.4) is 0 Å². The minimum atomic E-state index is -4.64. The van der Waals surface area contributed by atoms with Gasteiger partial charge in [0.2, 0.25) is 5.95 Å². The highest BCUT2D eigenvalue weighted by atomic mass is 19.4. The Morgan fingerprint density at radius 2 is 1.81 bits per heavy atom. The van der Waals surface area contributed by atoms with Gasteiger partial charge >= 0.3 is 6.18 Å². The molecule has 0 N–H and O–H groups in total. The maximum Gasteiger partial charge on any atom is 0.433 e. The van der Waals surface area contributed by atoms with E-state index in [-0.39, 0.29) is 41.3 Å². The van der Waals surface area contributed by atoms with Crippen LogP contribution in [0.15, 0.2) is 35.5 Å². The number of halogens is 5. The third-order valence-electron chi connectivity index (χ3n) is 6.50. The largest absolute Gasteiger partial charge is 0.433 e. The van der Waals surface area contributed by atoms with Gasteiger partial charge < -0.3 is 4.90 Å². The molecule has 0 radical (unpaired) electrons. The molecule has 14 heteroatoms. The molecule has 4 aromatic heterocycles. The van der Waals surface area contributed by atoms with Gasteiger partial charge in [0.1, 0.15) is 22.7 Å². The van der Waals surface area contributed by atoms with E-state index in [9.17, 15) is 26.7 Å².